The number of methoxy groups -OCH3 is 1. The predicted octanol–water partition coefficient (Wildman–Crippen LogP) is 1.87. The van der Waals surface area contributed by atoms with Gasteiger partial charge in [0.2, 0.25) is 5.91 Å². The van der Waals surface area contributed by atoms with Gasteiger partial charge in [0.25, 0.3) is 0 Å². The molecule has 1 saturated heterocycles. The Morgan fingerprint density at radius 2 is 2.00 bits per heavy atom. The Kier molecular flexibility index (Phi) is 8.01. The lowest BCUT2D eigenvalue weighted by molar-refractivity contribution is -0.144. The van der Waals surface area contributed by atoms with Crippen LogP contribution in [0.3, 0.4) is 0 Å². The van der Waals surface area contributed by atoms with E-state index in [0.29, 0.717) is 19.5 Å². The van der Waals surface area contributed by atoms with Gasteiger partial charge in [-0.1, -0.05) is 12.1 Å². The zero-order valence-corrected chi connectivity index (χ0v) is 14.9. The molecule has 1 fully saturated rings. The number of piperidine rings is 1. The van der Waals surface area contributed by atoms with Gasteiger partial charge < -0.3 is 14.7 Å². The number of benzene rings is 1. The molecule has 1 heterocycles. The average molecular weight is 357 g/mol. The van der Waals surface area contributed by atoms with Gasteiger partial charge in [-0.3, -0.25) is 14.5 Å². The Balaban J connectivity index is 0.00000288. The topological polar surface area (TPSA) is 70.1 Å². The van der Waals surface area contributed by atoms with Gasteiger partial charge in [0.15, 0.2) is 0 Å². The maximum atomic E-state index is 12.3. The van der Waals surface area contributed by atoms with Crippen molar-refractivity contribution in [2.24, 2.45) is 5.92 Å². The predicted molar refractivity (Wildman–Crippen MR) is 93.5 cm³/mol. The van der Waals surface area contributed by atoms with E-state index in [-0.39, 0.29) is 30.8 Å². The van der Waals surface area contributed by atoms with Crippen molar-refractivity contribution in [3.05, 3.63) is 29.8 Å². The third kappa shape index (κ3) is 5.69. The SMILES string of the molecule is COc1ccc(CN(C)C(=O)CN2CCCC(C(=O)O)C2)cc1.Cl. The molecule has 1 aromatic rings. The second-order valence-electron chi connectivity index (χ2n) is 6.01. The number of hydrogen-bond acceptors (Lipinski definition) is 4. The van der Waals surface area contributed by atoms with Gasteiger partial charge in [-0.15, -0.1) is 12.4 Å². The van der Waals surface area contributed by atoms with Crippen LogP contribution < -0.4 is 4.74 Å². The van der Waals surface area contributed by atoms with Crippen LogP contribution >= 0.6 is 12.4 Å². The van der Waals surface area contributed by atoms with Crippen molar-refractivity contribution in [3.63, 3.8) is 0 Å². The summed E-state index contributed by atoms with van der Waals surface area (Å²) in [6.45, 7) is 2.04. The second kappa shape index (κ2) is 9.49. The van der Waals surface area contributed by atoms with E-state index in [4.69, 9.17) is 9.84 Å². The molecule has 0 bridgehead atoms. The maximum absolute atomic E-state index is 12.3. The number of likely N-dealkylation sites (tertiary alicyclic amines) is 1. The van der Waals surface area contributed by atoms with Crippen LogP contribution in [0.25, 0.3) is 0 Å². The summed E-state index contributed by atoms with van der Waals surface area (Å²) < 4.78 is 5.12. The fraction of sp³-hybridized carbons (Fsp3) is 0.529. The zero-order chi connectivity index (χ0) is 16.8. The highest BCUT2D eigenvalue weighted by molar-refractivity contribution is 5.85. The van der Waals surface area contributed by atoms with Gasteiger partial charge in [-0.2, -0.15) is 0 Å². The fourth-order valence-corrected chi connectivity index (χ4v) is 2.81. The molecule has 0 radical (unpaired) electrons. The third-order valence-corrected chi connectivity index (χ3v) is 4.22. The van der Waals surface area contributed by atoms with Gasteiger partial charge in [0.1, 0.15) is 5.75 Å². The summed E-state index contributed by atoms with van der Waals surface area (Å²) in [6, 6.07) is 7.61. The molecule has 1 aromatic carbocycles. The number of carboxylic acid groups (broad SMARTS) is 1. The molecule has 6 nitrogen and oxygen atoms in total. The maximum Gasteiger partial charge on any atom is 0.307 e. The summed E-state index contributed by atoms with van der Waals surface area (Å²) in [5.41, 5.74) is 1.03. The number of carbonyl (C=O) groups is 2. The van der Waals surface area contributed by atoms with Crippen molar-refractivity contribution in [1.82, 2.24) is 9.80 Å². The van der Waals surface area contributed by atoms with Crippen molar-refractivity contribution in [2.45, 2.75) is 19.4 Å². The van der Waals surface area contributed by atoms with Crippen LogP contribution in [0.15, 0.2) is 24.3 Å². The number of amides is 1. The Hall–Kier alpha value is -1.79. The smallest absolute Gasteiger partial charge is 0.307 e. The standard InChI is InChI=1S/C17H24N2O4.ClH/c1-18(10-13-5-7-15(23-2)8-6-13)16(20)12-19-9-3-4-14(11-19)17(21)22;/h5-8,14H,3-4,9-12H2,1-2H3,(H,21,22);1H. The van der Waals surface area contributed by atoms with Gasteiger partial charge >= 0.3 is 5.97 Å². The summed E-state index contributed by atoms with van der Waals surface area (Å²) in [5.74, 6) is -0.334. The number of likely N-dealkylation sites (N-methyl/N-ethyl adjacent to an activating group) is 1. The Labute approximate surface area is 148 Å². The Morgan fingerprint density at radius 3 is 2.58 bits per heavy atom. The summed E-state index contributed by atoms with van der Waals surface area (Å²) in [4.78, 5) is 27.0. The van der Waals surface area contributed by atoms with Gasteiger partial charge in [0, 0.05) is 20.1 Å². The van der Waals surface area contributed by atoms with E-state index < -0.39 is 5.97 Å². The molecule has 0 saturated carbocycles. The molecule has 2 rings (SSSR count). The van der Waals surface area contributed by atoms with Crippen LogP contribution in [-0.4, -0.2) is 60.6 Å². The van der Waals surface area contributed by atoms with Crippen LogP contribution in [0.1, 0.15) is 18.4 Å². The first-order valence-electron chi connectivity index (χ1n) is 7.81. The molecule has 0 aliphatic carbocycles. The normalized spacial score (nSPS) is 17.7. The third-order valence-electron chi connectivity index (χ3n) is 4.22. The molecule has 1 atom stereocenters. The quantitative estimate of drug-likeness (QED) is 0.842. The van der Waals surface area contributed by atoms with E-state index >= 15 is 0 Å². The summed E-state index contributed by atoms with van der Waals surface area (Å²) in [7, 11) is 3.39. The van der Waals surface area contributed by atoms with Gasteiger partial charge in [0.05, 0.1) is 19.6 Å². The van der Waals surface area contributed by atoms with E-state index in [9.17, 15) is 9.59 Å². The highest BCUT2D eigenvalue weighted by atomic mass is 35.5. The second-order valence-corrected chi connectivity index (χ2v) is 6.01. The lowest BCUT2D eigenvalue weighted by atomic mass is 9.98. The van der Waals surface area contributed by atoms with Crippen LogP contribution in [-0.2, 0) is 16.1 Å². The minimum absolute atomic E-state index is 0. The first-order valence-corrected chi connectivity index (χ1v) is 7.81. The molecule has 134 valence electrons. The average Bonchev–Trinajstić information content (AvgIpc) is 2.55. The van der Waals surface area contributed by atoms with Crippen molar-refractivity contribution >= 4 is 24.3 Å². The monoisotopic (exact) mass is 356 g/mol. The lowest BCUT2D eigenvalue weighted by Crippen LogP contribution is -2.44. The van der Waals surface area contributed by atoms with Crippen molar-refractivity contribution < 1.29 is 19.4 Å². The van der Waals surface area contributed by atoms with Crippen LogP contribution in [0.2, 0.25) is 0 Å². The highest BCUT2D eigenvalue weighted by Crippen LogP contribution is 2.17. The molecule has 0 spiro atoms. The Bertz CT molecular complexity index is 550. The number of carboxylic acids is 1. The van der Waals surface area contributed by atoms with E-state index in [1.54, 1.807) is 19.1 Å². The molecule has 1 unspecified atom stereocenters. The number of ether oxygens (including phenoxy) is 1. The molecular weight excluding hydrogens is 332 g/mol. The number of carbonyl (C=O) groups excluding carboxylic acids is 1. The first kappa shape index (κ1) is 20.3. The minimum Gasteiger partial charge on any atom is -0.497 e. The molecule has 1 aliphatic rings. The molecular formula is C17H25ClN2O4. The van der Waals surface area contributed by atoms with Crippen molar-refractivity contribution in [3.8, 4) is 5.75 Å². The largest absolute Gasteiger partial charge is 0.497 e. The number of rotatable bonds is 6. The van der Waals surface area contributed by atoms with E-state index in [1.165, 1.54) is 0 Å². The molecule has 7 heteroatoms. The Morgan fingerprint density at radius 1 is 1.33 bits per heavy atom. The zero-order valence-electron chi connectivity index (χ0n) is 14.1. The molecule has 1 amide bonds. The summed E-state index contributed by atoms with van der Waals surface area (Å²) in [5, 5.41) is 9.10. The van der Waals surface area contributed by atoms with Crippen molar-refractivity contribution in [2.75, 3.05) is 33.8 Å². The van der Waals surface area contributed by atoms with Crippen molar-refractivity contribution in [1.29, 1.82) is 0 Å². The summed E-state index contributed by atoms with van der Waals surface area (Å²) in [6.07, 6.45) is 1.52. The lowest BCUT2D eigenvalue weighted by Gasteiger charge is -2.31. The minimum atomic E-state index is -0.770. The molecule has 24 heavy (non-hydrogen) atoms. The number of hydrogen-bond donors (Lipinski definition) is 1. The summed E-state index contributed by atoms with van der Waals surface area (Å²) >= 11 is 0. The first-order chi connectivity index (χ1) is 11.0. The van der Waals surface area contributed by atoms with E-state index in [0.717, 1.165) is 24.3 Å². The van der Waals surface area contributed by atoms with Crippen LogP contribution in [0.5, 0.6) is 5.75 Å². The molecule has 1 aliphatic heterocycles. The van der Waals surface area contributed by atoms with Crippen LogP contribution in [0.4, 0.5) is 0 Å². The molecule has 0 aromatic heterocycles. The van der Waals surface area contributed by atoms with Crippen LogP contribution in [0, 0.1) is 5.92 Å². The molecule has 1 N–H and O–H groups in total. The van der Waals surface area contributed by atoms with E-state index in [2.05, 4.69) is 0 Å². The number of halogens is 1. The van der Waals surface area contributed by atoms with Gasteiger partial charge in [-0.25, -0.2) is 0 Å². The number of aliphatic carboxylic acids is 1. The highest BCUT2D eigenvalue weighted by Gasteiger charge is 2.27. The number of nitrogens with zero attached hydrogens (tertiary/aromatic N) is 2. The van der Waals surface area contributed by atoms with E-state index in [1.807, 2.05) is 29.2 Å². The fourth-order valence-electron chi connectivity index (χ4n) is 2.81. The van der Waals surface area contributed by atoms with Gasteiger partial charge in [-0.05, 0) is 37.1 Å².